The highest BCUT2D eigenvalue weighted by Crippen LogP contribution is 2.70. The number of fused-ring (bicyclic) bond motifs is 5. The number of carbonyl (C=O) groups is 2. The van der Waals surface area contributed by atoms with Crippen LogP contribution in [0.15, 0.2) is 11.6 Å². The van der Waals surface area contributed by atoms with Gasteiger partial charge in [0.1, 0.15) is 18.0 Å². The first kappa shape index (κ1) is 21.9. The van der Waals surface area contributed by atoms with E-state index in [1.807, 2.05) is 0 Å². The van der Waals surface area contributed by atoms with Crippen molar-refractivity contribution >= 4 is 27.9 Å². The summed E-state index contributed by atoms with van der Waals surface area (Å²) in [5.74, 6) is 1.25. The van der Waals surface area contributed by atoms with Crippen LogP contribution in [0, 0.1) is 34.5 Å². The Morgan fingerprint density at radius 2 is 1.97 bits per heavy atom. The lowest BCUT2D eigenvalue weighted by molar-refractivity contribution is -0.209. The Kier molecular flexibility index (Phi) is 5.36. The third-order valence-corrected chi connectivity index (χ3v) is 10.8. The molecule has 0 aromatic carbocycles. The highest BCUT2D eigenvalue weighted by atomic mass is 79.9. The van der Waals surface area contributed by atoms with Gasteiger partial charge in [0.25, 0.3) is 0 Å². The fraction of sp³-hybridized carbons (Fsp3) is 0.840. The van der Waals surface area contributed by atoms with Gasteiger partial charge in [0.2, 0.25) is 0 Å². The van der Waals surface area contributed by atoms with Crippen molar-refractivity contribution in [3.63, 3.8) is 0 Å². The fourth-order valence-electron chi connectivity index (χ4n) is 8.69. The van der Waals surface area contributed by atoms with E-state index in [0.29, 0.717) is 24.4 Å². The first-order valence-corrected chi connectivity index (χ1v) is 13.2. The number of esters is 2. The Balaban J connectivity index is 1.37. The van der Waals surface area contributed by atoms with Crippen molar-refractivity contribution in [2.24, 2.45) is 34.5 Å². The Hall–Kier alpha value is -0.880. The lowest BCUT2D eigenvalue weighted by Crippen LogP contribution is -2.62. The SMILES string of the molecule is C[C@]12CC[C@H](OC(=O)CBr)C[C@@H]1CC[C@H]1[C@@H]2CC[C@]2(C)[C@@H](C3=CC(=O)OC3)CC[C@]12O. The van der Waals surface area contributed by atoms with Crippen molar-refractivity contribution in [3.05, 3.63) is 11.6 Å². The van der Waals surface area contributed by atoms with Gasteiger partial charge in [0, 0.05) is 11.5 Å². The monoisotopic (exact) mass is 494 g/mol. The predicted molar refractivity (Wildman–Crippen MR) is 119 cm³/mol. The molecule has 1 heterocycles. The average molecular weight is 495 g/mol. The largest absolute Gasteiger partial charge is 0.462 e. The van der Waals surface area contributed by atoms with Crippen LogP contribution in [0.3, 0.4) is 0 Å². The molecular formula is C25H35BrO5. The van der Waals surface area contributed by atoms with E-state index >= 15 is 0 Å². The molecule has 8 atom stereocenters. The van der Waals surface area contributed by atoms with Gasteiger partial charge in [-0.25, -0.2) is 4.79 Å². The van der Waals surface area contributed by atoms with Crippen molar-refractivity contribution in [3.8, 4) is 0 Å². The van der Waals surface area contributed by atoms with E-state index in [0.717, 1.165) is 63.4 Å². The highest BCUT2D eigenvalue weighted by molar-refractivity contribution is 9.09. The Morgan fingerprint density at radius 3 is 2.68 bits per heavy atom. The van der Waals surface area contributed by atoms with Gasteiger partial charge in [-0.1, -0.05) is 29.8 Å². The van der Waals surface area contributed by atoms with Crippen LogP contribution in [0.1, 0.15) is 71.6 Å². The molecule has 1 aliphatic heterocycles. The molecule has 0 saturated heterocycles. The maximum atomic E-state index is 12.2. The number of rotatable bonds is 3. The minimum Gasteiger partial charge on any atom is -0.462 e. The van der Waals surface area contributed by atoms with E-state index in [4.69, 9.17) is 9.47 Å². The van der Waals surface area contributed by atoms with Gasteiger partial charge >= 0.3 is 11.9 Å². The van der Waals surface area contributed by atoms with Crippen LogP contribution in [0.4, 0.5) is 0 Å². The summed E-state index contributed by atoms with van der Waals surface area (Å²) in [5.41, 5.74) is 0.456. The molecule has 4 saturated carbocycles. The van der Waals surface area contributed by atoms with Crippen LogP contribution in [-0.2, 0) is 19.1 Å². The molecule has 6 heteroatoms. The summed E-state index contributed by atoms with van der Waals surface area (Å²) in [7, 11) is 0. The van der Waals surface area contributed by atoms with Gasteiger partial charge in [0.05, 0.1) is 5.60 Å². The molecule has 0 spiro atoms. The molecule has 5 nitrogen and oxygen atoms in total. The number of carbonyl (C=O) groups excluding carboxylic acids is 2. The first-order valence-electron chi connectivity index (χ1n) is 12.1. The number of aliphatic hydroxyl groups is 1. The van der Waals surface area contributed by atoms with Gasteiger partial charge in [-0.15, -0.1) is 0 Å². The molecule has 0 amide bonds. The Bertz CT molecular complexity index is 810. The van der Waals surface area contributed by atoms with E-state index in [-0.39, 0.29) is 40.1 Å². The van der Waals surface area contributed by atoms with Crippen molar-refractivity contribution in [2.45, 2.75) is 83.3 Å². The molecular weight excluding hydrogens is 460 g/mol. The molecule has 4 fully saturated rings. The van der Waals surface area contributed by atoms with E-state index in [9.17, 15) is 14.7 Å². The van der Waals surface area contributed by atoms with Gasteiger partial charge in [-0.05, 0) is 92.4 Å². The van der Waals surface area contributed by atoms with E-state index in [1.165, 1.54) is 0 Å². The van der Waals surface area contributed by atoms with Crippen molar-refractivity contribution in [1.82, 2.24) is 0 Å². The normalized spacial score (nSPS) is 48.8. The quantitative estimate of drug-likeness (QED) is 0.460. The number of halogens is 1. The summed E-state index contributed by atoms with van der Waals surface area (Å²) in [6.07, 6.45) is 10.8. The molecule has 0 unspecified atom stereocenters. The molecule has 0 aromatic heterocycles. The smallest absolute Gasteiger partial charge is 0.331 e. The summed E-state index contributed by atoms with van der Waals surface area (Å²) in [6.45, 7) is 5.12. The van der Waals surface area contributed by atoms with Crippen molar-refractivity contribution in [1.29, 1.82) is 0 Å². The number of hydrogen-bond acceptors (Lipinski definition) is 5. The fourth-order valence-corrected chi connectivity index (χ4v) is 8.83. The zero-order chi connectivity index (χ0) is 22.0. The van der Waals surface area contributed by atoms with Gasteiger partial charge in [-0.2, -0.15) is 0 Å². The van der Waals surface area contributed by atoms with Gasteiger partial charge in [0.15, 0.2) is 0 Å². The zero-order valence-electron chi connectivity index (χ0n) is 18.7. The molecule has 1 N–H and O–H groups in total. The molecule has 5 aliphatic rings. The van der Waals surface area contributed by atoms with Crippen LogP contribution in [0.2, 0.25) is 0 Å². The predicted octanol–water partition coefficient (Wildman–Crippen LogP) is 4.55. The summed E-state index contributed by atoms with van der Waals surface area (Å²) >= 11 is 3.20. The van der Waals surface area contributed by atoms with Crippen molar-refractivity contribution in [2.75, 3.05) is 11.9 Å². The molecule has 4 aliphatic carbocycles. The van der Waals surface area contributed by atoms with E-state index in [2.05, 4.69) is 29.8 Å². The second kappa shape index (κ2) is 7.58. The Morgan fingerprint density at radius 1 is 1.16 bits per heavy atom. The van der Waals surface area contributed by atoms with Gasteiger partial charge in [-0.3, -0.25) is 4.79 Å². The number of hydrogen-bond donors (Lipinski definition) is 1. The molecule has 172 valence electrons. The highest BCUT2D eigenvalue weighted by Gasteiger charge is 2.67. The van der Waals surface area contributed by atoms with Crippen LogP contribution in [0.25, 0.3) is 0 Å². The Labute approximate surface area is 193 Å². The van der Waals surface area contributed by atoms with Crippen LogP contribution < -0.4 is 0 Å². The summed E-state index contributed by atoms with van der Waals surface area (Å²) in [5, 5.41) is 12.5. The van der Waals surface area contributed by atoms with E-state index < -0.39 is 5.60 Å². The summed E-state index contributed by atoms with van der Waals surface area (Å²) in [4.78, 5) is 23.5. The lowest BCUT2D eigenvalue weighted by Gasteiger charge is -2.63. The second-order valence-electron chi connectivity index (χ2n) is 11.3. The number of cyclic esters (lactones) is 1. The minimum absolute atomic E-state index is 0.0410. The average Bonchev–Trinajstić information content (AvgIpc) is 3.28. The molecule has 0 radical (unpaired) electrons. The molecule has 31 heavy (non-hydrogen) atoms. The molecule has 0 bridgehead atoms. The standard InChI is InChI=1S/C25H35BrO5/c1-23-8-5-17(31-22(28)13-26)12-16(23)3-4-20-19(23)6-9-24(2)18(7-10-25(20,24)29)15-11-21(27)30-14-15/h11,16-20,29H,3-10,12-14H2,1-2H3/t16-,17-,18+,19-,20-,23-,24+,25-/m0/s1. The summed E-state index contributed by atoms with van der Waals surface area (Å²) in [6, 6.07) is 0. The third kappa shape index (κ3) is 3.18. The lowest BCUT2D eigenvalue weighted by atomic mass is 9.43. The zero-order valence-corrected chi connectivity index (χ0v) is 20.3. The minimum atomic E-state index is -0.666. The topological polar surface area (TPSA) is 72.8 Å². The van der Waals surface area contributed by atoms with Crippen LogP contribution >= 0.6 is 15.9 Å². The van der Waals surface area contributed by atoms with E-state index in [1.54, 1.807) is 6.08 Å². The van der Waals surface area contributed by atoms with Crippen LogP contribution in [-0.4, -0.2) is 40.7 Å². The summed E-state index contributed by atoms with van der Waals surface area (Å²) < 4.78 is 10.9. The molecule has 0 aromatic rings. The molecule has 5 rings (SSSR count). The third-order valence-electron chi connectivity index (χ3n) is 10.3. The maximum absolute atomic E-state index is 12.2. The second-order valence-corrected chi connectivity index (χ2v) is 11.9. The van der Waals surface area contributed by atoms with Gasteiger partial charge < -0.3 is 14.6 Å². The number of alkyl halides is 1. The first-order chi connectivity index (χ1) is 14.7. The van der Waals surface area contributed by atoms with Crippen LogP contribution in [0.5, 0.6) is 0 Å². The van der Waals surface area contributed by atoms with Crippen molar-refractivity contribution < 1.29 is 24.2 Å². The maximum Gasteiger partial charge on any atom is 0.331 e. The number of ether oxygens (including phenoxy) is 2.